The molecule has 2 aromatic heterocycles. The summed E-state index contributed by atoms with van der Waals surface area (Å²) in [5, 5.41) is 21.6. The predicted molar refractivity (Wildman–Crippen MR) is 89.4 cm³/mol. The summed E-state index contributed by atoms with van der Waals surface area (Å²) in [5.74, 6) is -0.219. The van der Waals surface area contributed by atoms with E-state index in [1.165, 1.54) is 0 Å². The molecule has 2 aromatic rings. The zero-order valence-corrected chi connectivity index (χ0v) is 14.4. The third kappa shape index (κ3) is 2.96. The van der Waals surface area contributed by atoms with Crippen LogP contribution < -0.4 is 5.32 Å². The fraction of sp³-hybridized carbons (Fsp3) is 0.588. The molecule has 1 atom stereocenters. The molecule has 1 amide bonds. The van der Waals surface area contributed by atoms with Crippen LogP contribution in [0.3, 0.4) is 0 Å². The fourth-order valence-electron chi connectivity index (χ4n) is 3.30. The number of aryl methyl sites for hydroxylation is 1. The summed E-state index contributed by atoms with van der Waals surface area (Å²) in [4.78, 5) is 12.7. The van der Waals surface area contributed by atoms with Crippen LogP contribution in [-0.2, 0) is 7.05 Å². The maximum absolute atomic E-state index is 12.7. The summed E-state index contributed by atoms with van der Waals surface area (Å²) < 4.78 is 3.48. The zero-order valence-electron chi connectivity index (χ0n) is 14.4. The smallest absolute Gasteiger partial charge is 0.272 e. The van der Waals surface area contributed by atoms with E-state index < -0.39 is 0 Å². The Labute approximate surface area is 141 Å². The lowest BCUT2D eigenvalue weighted by Crippen LogP contribution is -2.47. The number of nitrogens with one attached hydrogen (secondary N) is 1. The highest BCUT2D eigenvalue weighted by atomic mass is 16.3. The summed E-state index contributed by atoms with van der Waals surface area (Å²) in [6, 6.07) is 1.67. The lowest BCUT2D eigenvalue weighted by atomic mass is 9.63. The number of nitrogens with zero attached hydrogens (tertiary/aromatic N) is 4. The van der Waals surface area contributed by atoms with Gasteiger partial charge in [0.25, 0.3) is 5.91 Å². The van der Waals surface area contributed by atoms with Crippen LogP contribution in [0, 0.1) is 5.41 Å². The Bertz CT molecular complexity index is 709. The Kier molecular flexibility index (Phi) is 4.45. The number of hydrogen-bond donors (Lipinski definition) is 2. The van der Waals surface area contributed by atoms with Gasteiger partial charge < -0.3 is 10.4 Å². The Morgan fingerprint density at radius 1 is 1.46 bits per heavy atom. The van der Waals surface area contributed by atoms with Crippen LogP contribution in [0.2, 0.25) is 0 Å². The summed E-state index contributed by atoms with van der Waals surface area (Å²) >= 11 is 0. The van der Waals surface area contributed by atoms with Crippen molar-refractivity contribution in [2.75, 3.05) is 6.61 Å². The molecule has 2 heterocycles. The first-order chi connectivity index (χ1) is 11.4. The molecule has 24 heavy (non-hydrogen) atoms. The van der Waals surface area contributed by atoms with E-state index in [9.17, 15) is 9.90 Å². The molecule has 1 fully saturated rings. The molecule has 0 aliphatic heterocycles. The minimum Gasteiger partial charge on any atom is -0.396 e. The quantitative estimate of drug-likeness (QED) is 0.846. The minimum absolute atomic E-state index is 0.0489. The Morgan fingerprint density at radius 2 is 2.21 bits per heavy atom. The standard InChI is InChI=1S/C17H25N5O2/c1-12(2)22-8-5-14(20-22)16(24)19-15(13-9-18-21(3)10-13)17(11-23)6-4-7-17/h5,8-10,12,15,23H,4,6-7,11H2,1-3H3,(H,19,24)/t15-/m1/s1. The minimum atomic E-state index is -0.306. The molecule has 7 heteroatoms. The number of aliphatic hydroxyl groups is 1. The van der Waals surface area contributed by atoms with Gasteiger partial charge in [0.05, 0.1) is 18.8 Å². The molecular formula is C17H25N5O2. The molecule has 3 rings (SSSR count). The highest BCUT2D eigenvalue weighted by molar-refractivity contribution is 5.92. The van der Waals surface area contributed by atoms with Crippen molar-refractivity contribution in [3.63, 3.8) is 0 Å². The predicted octanol–water partition coefficient (Wildman–Crippen LogP) is 1.83. The summed E-state index contributed by atoms with van der Waals surface area (Å²) in [6.45, 7) is 4.08. The molecule has 0 radical (unpaired) electrons. The zero-order chi connectivity index (χ0) is 17.3. The van der Waals surface area contributed by atoms with Gasteiger partial charge in [-0.25, -0.2) is 0 Å². The molecule has 0 spiro atoms. The van der Waals surface area contributed by atoms with E-state index in [2.05, 4.69) is 15.5 Å². The second-order valence-electron chi connectivity index (χ2n) is 7.00. The molecule has 0 bridgehead atoms. The van der Waals surface area contributed by atoms with Crippen LogP contribution in [0.5, 0.6) is 0 Å². The number of carbonyl (C=O) groups is 1. The van der Waals surface area contributed by atoms with Crippen LogP contribution in [0.4, 0.5) is 0 Å². The Balaban J connectivity index is 1.84. The van der Waals surface area contributed by atoms with Crippen molar-refractivity contribution in [2.24, 2.45) is 12.5 Å². The number of carbonyl (C=O) groups excluding carboxylic acids is 1. The second kappa shape index (κ2) is 6.39. The molecule has 0 aromatic carbocycles. The van der Waals surface area contributed by atoms with Gasteiger partial charge in [0.15, 0.2) is 0 Å². The van der Waals surface area contributed by atoms with Crippen molar-refractivity contribution in [1.29, 1.82) is 0 Å². The normalized spacial score (nSPS) is 17.5. The van der Waals surface area contributed by atoms with Crippen molar-refractivity contribution in [3.05, 3.63) is 35.9 Å². The maximum atomic E-state index is 12.7. The van der Waals surface area contributed by atoms with Gasteiger partial charge in [-0.05, 0) is 32.8 Å². The molecule has 1 saturated carbocycles. The number of rotatable bonds is 6. The average Bonchev–Trinajstić information content (AvgIpc) is 3.14. The van der Waals surface area contributed by atoms with Crippen LogP contribution in [-0.4, -0.2) is 37.2 Å². The Hall–Kier alpha value is -2.15. The van der Waals surface area contributed by atoms with E-state index in [0.717, 1.165) is 24.8 Å². The lowest BCUT2D eigenvalue weighted by molar-refractivity contribution is 0.00589. The first-order valence-corrected chi connectivity index (χ1v) is 8.40. The fourth-order valence-corrected chi connectivity index (χ4v) is 3.30. The Morgan fingerprint density at radius 3 is 2.67 bits per heavy atom. The lowest BCUT2D eigenvalue weighted by Gasteiger charge is -2.46. The van der Waals surface area contributed by atoms with Gasteiger partial charge in [0, 0.05) is 36.5 Å². The molecular weight excluding hydrogens is 306 g/mol. The average molecular weight is 331 g/mol. The second-order valence-corrected chi connectivity index (χ2v) is 7.00. The van der Waals surface area contributed by atoms with E-state index in [4.69, 9.17) is 0 Å². The third-order valence-corrected chi connectivity index (χ3v) is 4.98. The molecule has 0 saturated heterocycles. The molecule has 1 aliphatic rings. The molecule has 7 nitrogen and oxygen atoms in total. The summed E-state index contributed by atoms with van der Waals surface area (Å²) in [7, 11) is 1.85. The van der Waals surface area contributed by atoms with Gasteiger partial charge in [-0.1, -0.05) is 6.42 Å². The van der Waals surface area contributed by atoms with Crippen molar-refractivity contribution >= 4 is 5.91 Å². The van der Waals surface area contributed by atoms with Crippen molar-refractivity contribution in [1.82, 2.24) is 24.9 Å². The van der Waals surface area contributed by atoms with Gasteiger partial charge >= 0.3 is 0 Å². The summed E-state index contributed by atoms with van der Waals surface area (Å²) in [6.07, 6.45) is 8.31. The van der Waals surface area contributed by atoms with Crippen molar-refractivity contribution in [3.8, 4) is 0 Å². The van der Waals surface area contributed by atoms with E-state index in [0.29, 0.717) is 5.69 Å². The number of aliphatic hydroxyl groups excluding tert-OH is 1. The topological polar surface area (TPSA) is 85.0 Å². The number of hydrogen-bond acceptors (Lipinski definition) is 4. The molecule has 2 N–H and O–H groups in total. The molecule has 0 unspecified atom stereocenters. The van der Waals surface area contributed by atoms with E-state index >= 15 is 0 Å². The van der Waals surface area contributed by atoms with Crippen LogP contribution in [0.25, 0.3) is 0 Å². The largest absolute Gasteiger partial charge is 0.396 e. The van der Waals surface area contributed by atoms with E-state index in [1.807, 2.05) is 33.3 Å². The SMILES string of the molecule is CC(C)n1ccc(C(=O)N[C@H](c2cnn(C)c2)C2(CO)CCC2)n1. The maximum Gasteiger partial charge on any atom is 0.272 e. The third-order valence-electron chi connectivity index (χ3n) is 4.98. The first kappa shape index (κ1) is 16.7. The van der Waals surface area contributed by atoms with Crippen molar-refractivity contribution < 1.29 is 9.90 Å². The van der Waals surface area contributed by atoms with Gasteiger partial charge in [0.2, 0.25) is 0 Å². The highest BCUT2D eigenvalue weighted by Crippen LogP contribution is 2.49. The van der Waals surface area contributed by atoms with Gasteiger partial charge in [0.1, 0.15) is 5.69 Å². The van der Waals surface area contributed by atoms with Gasteiger partial charge in [-0.3, -0.25) is 14.2 Å². The number of aromatic nitrogens is 4. The van der Waals surface area contributed by atoms with Gasteiger partial charge in [-0.2, -0.15) is 10.2 Å². The van der Waals surface area contributed by atoms with Gasteiger partial charge in [-0.15, -0.1) is 0 Å². The van der Waals surface area contributed by atoms with Crippen LogP contribution >= 0.6 is 0 Å². The molecule has 130 valence electrons. The first-order valence-electron chi connectivity index (χ1n) is 8.40. The summed E-state index contributed by atoms with van der Waals surface area (Å²) in [5.41, 5.74) is 1.01. The highest BCUT2D eigenvalue weighted by Gasteiger charge is 2.45. The van der Waals surface area contributed by atoms with E-state index in [-0.39, 0.29) is 30.0 Å². The monoisotopic (exact) mass is 331 g/mol. The molecule has 1 aliphatic carbocycles. The van der Waals surface area contributed by atoms with Crippen LogP contribution in [0.15, 0.2) is 24.7 Å². The van der Waals surface area contributed by atoms with Crippen LogP contribution in [0.1, 0.15) is 61.2 Å². The van der Waals surface area contributed by atoms with Crippen molar-refractivity contribution in [2.45, 2.75) is 45.2 Å². The van der Waals surface area contributed by atoms with E-state index in [1.54, 1.807) is 21.6 Å². The number of amides is 1.